The van der Waals surface area contributed by atoms with Crippen LogP contribution in [0.4, 0.5) is 4.79 Å². The fourth-order valence-corrected chi connectivity index (χ4v) is 3.96. The highest BCUT2D eigenvalue weighted by Crippen LogP contribution is 2.34. The minimum Gasteiger partial charge on any atom is -0.381 e. The van der Waals surface area contributed by atoms with E-state index in [1.165, 1.54) is 11.9 Å². The van der Waals surface area contributed by atoms with Crippen molar-refractivity contribution in [3.8, 4) is 5.69 Å². The number of urea groups is 1. The molecular weight excluding hydrogens is 378 g/mol. The molecule has 0 spiro atoms. The molecular formula is C23H27N5O2. The van der Waals surface area contributed by atoms with Gasteiger partial charge in [0, 0.05) is 25.2 Å². The summed E-state index contributed by atoms with van der Waals surface area (Å²) in [5.74, 6) is 0. The highest BCUT2D eigenvalue weighted by atomic mass is 16.5. The van der Waals surface area contributed by atoms with Gasteiger partial charge in [-0.15, -0.1) is 0 Å². The maximum atomic E-state index is 12.6. The van der Waals surface area contributed by atoms with Crippen molar-refractivity contribution in [3.63, 3.8) is 0 Å². The van der Waals surface area contributed by atoms with E-state index in [0.717, 1.165) is 24.1 Å². The molecule has 1 aliphatic heterocycles. The topological polar surface area (TPSA) is 81.1 Å². The number of nitrogens with one attached hydrogen (secondary N) is 2. The van der Waals surface area contributed by atoms with Crippen molar-refractivity contribution >= 4 is 6.03 Å². The largest absolute Gasteiger partial charge is 0.381 e. The van der Waals surface area contributed by atoms with Crippen LogP contribution in [0.2, 0.25) is 0 Å². The van der Waals surface area contributed by atoms with Gasteiger partial charge in [0.15, 0.2) is 0 Å². The zero-order valence-corrected chi connectivity index (χ0v) is 17.1. The van der Waals surface area contributed by atoms with Crippen LogP contribution < -0.4 is 10.6 Å². The summed E-state index contributed by atoms with van der Waals surface area (Å²) in [6, 6.07) is 18.1. The fourth-order valence-electron chi connectivity index (χ4n) is 3.96. The Morgan fingerprint density at radius 2 is 1.87 bits per heavy atom. The van der Waals surface area contributed by atoms with Gasteiger partial charge in [-0.05, 0) is 43.0 Å². The van der Waals surface area contributed by atoms with Crippen molar-refractivity contribution in [3.05, 3.63) is 78.4 Å². The van der Waals surface area contributed by atoms with E-state index in [-0.39, 0.29) is 17.5 Å². The van der Waals surface area contributed by atoms with Gasteiger partial charge < -0.3 is 15.4 Å². The summed E-state index contributed by atoms with van der Waals surface area (Å²) in [6.45, 7) is 4.00. The number of hydrogen-bond acceptors (Lipinski definition) is 4. The first kappa shape index (κ1) is 20.1. The third-order valence-corrected chi connectivity index (χ3v) is 5.85. The van der Waals surface area contributed by atoms with Crippen LogP contribution in [0.15, 0.2) is 67.3 Å². The van der Waals surface area contributed by atoms with Crippen LogP contribution in [0.5, 0.6) is 0 Å². The van der Waals surface area contributed by atoms with Crippen molar-refractivity contribution in [2.45, 2.75) is 31.2 Å². The molecule has 156 valence electrons. The number of nitrogens with zero attached hydrogens (tertiary/aromatic N) is 3. The summed E-state index contributed by atoms with van der Waals surface area (Å²) >= 11 is 0. The van der Waals surface area contributed by atoms with Gasteiger partial charge in [0.05, 0.1) is 11.7 Å². The van der Waals surface area contributed by atoms with E-state index in [1.54, 1.807) is 11.0 Å². The molecule has 1 unspecified atom stereocenters. The Kier molecular flexibility index (Phi) is 6.09. The van der Waals surface area contributed by atoms with Crippen LogP contribution in [0.25, 0.3) is 5.69 Å². The molecule has 7 heteroatoms. The molecule has 1 saturated heterocycles. The lowest BCUT2D eigenvalue weighted by Crippen LogP contribution is -2.47. The summed E-state index contributed by atoms with van der Waals surface area (Å²) in [5.41, 5.74) is 3.12. The number of rotatable bonds is 6. The maximum absolute atomic E-state index is 12.6. The second-order valence-corrected chi connectivity index (χ2v) is 7.74. The third kappa shape index (κ3) is 4.52. The lowest BCUT2D eigenvalue weighted by Gasteiger charge is -2.38. The monoisotopic (exact) mass is 405 g/mol. The standard InChI is InChI=1S/C23H27N5O2/c1-18(19-7-9-21(10-8-19)28-17-24-16-26-28)27-22(29)25-15-23(11-13-30-14-12-23)20-5-3-2-4-6-20/h2-10,16-18H,11-15H2,1H3,(H2,25,27,29). The number of amides is 2. The minimum absolute atomic E-state index is 0.0838. The van der Waals surface area contributed by atoms with Crippen molar-refractivity contribution in [1.29, 1.82) is 0 Å². The van der Waals surface area contributed by atoms with E-state index in [2.05, 4.69) is 45.0 Å². The number of benzene rings is 2. The first-order valence-electron chi connectivity index (χ1n) is 10.3. The Balaban J connectivity index is 1.36. The number of aromatic nitrogens is 3. The van der Waals surface area contributed by atoms with Crippen molar-refractivity contribution < 1.29 is 9.53 Å². The summed E-state index contributed by atoms with van der Waals surface area (Å²) in [7, 11) is 0. The van der Waals surface area contributed by atoms with Gasteiger partial charge in [-0.1, -0.05) is 42.5 Å². The second kappa shape index (κ2) is 9.09. The van der Waals surface area contributed by atoms with Gasteiger partial charge in [-0.2, -0.15) is 5.10 Å². The van der Waals surface area contributed by atoms with Gasteiger partial charge in [-0.3, -0.25) is 0 Å². The Morgan fingerprint density at radius 3 is 2.53 bits per heavy atom. The molecule has 7 nitrogen and oxygen atoms in total. The van der Waals surface area contributed by atoms with Gasteiger partial charge in [-0.25, -0.2) is 14.5 Å². The molecule has 0 radical (unpaired) electrons. The minimum atomic E-state index is -0.162. The highest BCUT2D eigenvalue weighted by molar-refractivity contribution is 5.74. The Hall–Kier alpha value is -3.19. The molecule has 1 fully saturated rings. The number of carbonyl (C=O) groups excluding carboxylic acids is 1. The van der Waals surface area contributed by atoms with Gasteiger partial charge in [0.25, 0.3) is 0 Å². The van der Waals surface area contributed by atoms with E-state index in [0.29, 0.717) is 19.8 Å². The van der Waals surface area contributed by atoms with Crippen LogP contribution in [-0.2, 0) is 10.2 Å². The average molecular weight is 406 g/mol. The average Bonchev–Trinajstić information content (AvgIpc) is 3.34. The van der Waals surface area contributed by atoms with E-state index in [9.17, 15) is 4.79 Å². The SMILES string of the molecule is CC(NC(=O)NCC1(c2ccccc2)CCOCC1)c1ccc(-n2cncn2)cc1. The van der Waals surface area contributed by atoms with Crippen molar-refractivity contribution in [2.24, 2.45) is 0 Å². The van der Waals surface area contributed by atoms with Crippen molar-refractivity contribution in [2.75, 3.05) is 19.8 Å². The molecule has 30 heavy (non-hydrogen) atoms. The lowest BCUT2D eigenvalue weighted by molar-refractivity contribution is 0.0506. The summed E-state index contributed by atoms with van der Waals surface area (Å²) in [4.78, 5) is 16.6. The number of hydrogen-bond donors (Lipinski definition) is 2. The lowest BCUT2D eigenvalue weighted by atomic mass is 9.74. The fraction of sp³-hybridized carbons (Fsp3) is 0.348. The van der Waals surface area contributed by atoms with E-state index < -0.39 is 0 Å². The molecule has 1 aliphatic rings. The smallest absolute Gasteiger partial charge is 0.315 e. The Morgan fingerprint density at radius 1 is 1.13 bits per heavy atom. The maximum Gasteiger partial charge on any atom is 0.315 e. The summed E-state index contributed by atoms with van der Waals surface area (Å²) in [6.07, 6.45) is 4.96. The zero-order valence-electron chi connectivity index (χ0n) is 17.1. The molecule has 2 heterocycles. The zero-order chi connectivity index (χ0) is 20.8. The molecule has 0 bridgehead atoms. The molecule has 2 N–H and O–H groups in total. The molecule has 1 aromatic heterocycles. The Bertz CT molecular complexity index is 935. The Labute approximate surface area is 176 Å². The van der Waals surface area contributed by atoms with Gasteiger partial charge in [0.1, 0.15) is 12.7 Å². The van der Waals surface area contributed by atoms with Crippen LogP contribution in [-0.4, -0.2) is 40.6 Å². The quantitative estimate of drug-likeness (QED) is 0.659. The van der Waals surface area contributed by atoms with E-state index in [1.807, 2.05) is 37.3 Å². The molecule has 0 saturated carbocycles. The van der Waals surface area contributed by atoms with Crippen LogP contribution in [0, 0.1) is 0 Å². The third-order valence-electron chi connectivity index (χ3n) is 5.85. The molecule has 2 amide bonds. The first-order chi connectivity index (χ1) is 14.7. The molecule has 1 atom stereocenters. The highest BCUT2D eigenvalue weighted by Gasteiger charge is 2.34. The second-order valence-electron chi connectivity index (χ2n) is 7.74. The summed E-state index contributed by atoms with van der Waals surface area (Å²) < 4.78 is 7.27. The molecule has 3 aromatic rings. The van der Waals surface area contributed by atoms with Gasteiger partial charge >= 0.3 is 6.03 Å². The predicted octanol–water partition coefficient (Wildman–Crippen LogP) is 3.38. The first-order valence-corrected chi connectivity index (χ1v) is 10.3. The molecule has 4 rings (SSSR count). The normalized spacial score (nSPS) is 16.6. The summed E-state index contributed by atoms with van der Waals surface area (Å²) in [5, 5.41) is 10.3. The molecule has 0 aliphatic carbocycles. The number of ether oxygens (including phenoxy) is 1. The van der Waals surface area contributed by atoms with E-state index >= 15 is 0 Å². The van der Waals surface area contributed by atoms with Crippen LogP contribution in [0.1, 0.15) is 36.9 Å². The van der Waals surface area contributed by atoms with E-state index in [4.69, 9.17) is 4.74 Å². The number of carbonyl (C=O) groups is 1. The van der Waals surface area contributed by atoms with Crippen molar-refractivity contribution in [1.82, 2.24) is 25.4 Å². The van der Waals surface area contributed by atoms with Gasteiger partial charge in [0.2, 0.25) is 0 Å². The molecule has 2 aromatic carbocycles. The van der Waals surface area contributed by atoms with Crippen LogP contribution >= 0.6 is 0 Å². The van der Waals surface area contributed by atoms with Crippen LogP contribution in [0.3, 0.4) is 0 Å². The predicted molar refractivity (Wildman–Crippen MR) is 114 cm³/mol.